The van der Waals surface area contributed by atoms with E-state index < -0.39 is 0 Å². The van der Waals surface area contributed by atoms with E-state index in [0.29, 0.717) is 23.7 Å². The first-order chi connectivity index (χ1) is 6.65. The molecule has 0 saturated heterocycles. The van der Waals surface area contributed by atoms with Crippen LogP contribution in [0.5, 0.6) is 0 Å². The van der Waals surface area contributed by atoms with E-state index in [-0.39, 0.29) is 5.78 Å². The van der Waals surface area contributed by atoms with Gasteiger partial charge in [-0.1, -0.05) is 26.7 Å². The average molecular weight is 195 g/mol. The fourth-order valence-corrected chi connectivity index (χ4v) is 1.54. The Balaban J connectivity index is 2.55. The molecule has 4 heteroatoms. The van der Waals surface area contributed by atoms with Crippen molar-refractivity contribution in [1.29, 1.82) is 0 Å². The highest BCUT2D eigenvalue weighted by molar-refractivity contribution is 5.99. The zero-order valence-corrected chi connectivity index (χ0v) is 8.71. The first-order valence-corrected chi connectivity index (χ1v) is 4.97. The molecule has 1 aromatic rings. The number of H-pyrrole nitrogens is 1. The minimum atomic E-state index is 0.0807. The Hall–Kier alpha value is -1.32. The highest BCUT2D eigenvalue weighted by atomic mass is 16.1. The second-order valence-electron chi connectivity index (χ2n) is 3.72. The Morgan fingerprint density at radius 1 is 1.71 bits per heavy atom. The van der Waals surface area contributed by atoms with Crippen LogP contribution in [0.3, 0.4) is 0 Å². The number of rotatable bonds is 5. The fraction of sp³-hybridized carbons (Fsp3) is 0.600. The van der Waals surface area contributed by atoms with Crippen molar-refractivity contribution in [2.45, 2.75) is 33.1 Å². The van der Waals surface area contributed by atoms with Crippen LogP contribution in [0.25, 0.3) is 0 Å². The molecule has 0 aliphatic carbocycles. The van der Waals surface area contributed by atoms with Crippen molar-refractivity contribution in [3.63, 3.8) is 0 Å². The predicted octanol–water partition coefficient (Wildman–Crippen LogP) is 2.00. The largest absolute Gasteiger partial charge is 0.383 e. The van der Waals surface area contributed by atoms with Gasteiger partial charge < -0.3 is 5.73 Å². The number of carbonyl (C=O) groups is 1. The van der Waals surface area contributed by atoms with Gasteiger partial charge in [-0.3, -0.25) is 9.89 Å². The number of ketones is 1. The summed E-state index contributed by atoms with van der Waals surface area (Å²) in [4.78, 5) is 11.7. The molecule has 0 bridgehead atoms. The van der Waals surface area contributed by atoms with E-state index >= 15 is 0 Å². The number of carbonyl (C=O) groups excluding carboxylic acids is 1. The van der Waals surface area contributed by atoms with Crippen molar-refractivity contribution in [3.8, 4) is 0 Å². The standard InChI is InChI=1S/C10H17N3O/c1-3-4-7(2)5-9(14)8-6-12-13-10(8)11/h6-7H,3-5H2,1-2H3,(H3,11,12,13). The van der Waals surface area contributed by atoms with Gasteiger partial charge in [0.1, 0.15) is 5.82 Å². The van der Waals surface area contributed by atoms with Crippen LogP contribution >= 0.6 is 0 Å². The van der Waals surface area contributed by atoms with Crippen molar-refractivity contribution < 1.29 is 4.79 Å². The molecule has 0 aliphatic heterocycles. The Kier molecular flexibility index (Phi) is 3.68. The van der Waals surface area contributed by atoms with Crippen molar-refractivity contribution in [3.05, 3.63) is 11.8 Å². The molecule has 1 heterocycles. The van der Waals surface area contributed by atoms with Crippen molar-refractivity contribution >= 4 is 11.6 Å². The van der Waals surface area contributed by atoms with Gasteiger partial charge in [-0.15, -0.1) is 0 Å². The van der Waals surface area contributed by atoms with Gasteiger partial charge in [0.25, 0.3) is 0 Å². The Morgan fingerprint density at radius 2 is 2.43 bits per heavy atom. The second kappa shape index (κ2) is 4.79. The maximum Gasteiger partial charge on any atom is 0.168 e. The van der Waals surface area contributed by atoms with Gasteiger partial charge >= 0.3 is 0 Å². The lowest BCUT2D eigenvalue weighted by molar-refractivity contribution is 0.0963. The lowest BCUT2D eigenvalue weighted by atomic mass is 9.97. The Bertz CT molecular complexity index is 306. The van der Waals surface area contributed by atoms with E-state index in [1.165, 1.54) is 6.20 Å². The molecule has 0 saturated carbocycles. The number of anilines is 1. The summed E-state index contributed by atoms with van der Waals surface area (Å²) >= 11 is 0. The van der Waals surface area contributed by atoms with Crippen molar-refractivity contribution in [2.75, 3.05) is 5.73 Å². The molecule has 0 radical (unpaired) electrons. The minimum Gasteiger partial charge on any atom is -0.383 e. The van der Waals surface area contributed by atoms with Crippen LogP contribution in [-0.4, -0.2) is 16.0 Å². The molecular weight excluding hydrogens is 178 g/mol. The van der Waals surface area contributed by atoms with Gasteiger partial charge in [-0.25, -0.2) is 0 Å². The third kappa shape index (κ3) is 2.58. The molecule has 1 aromatic heterocycles. The monoisotopic (exact) mass is 195 g/mol. The molecule has 3 N–H and O–H groups in total. The molecule has 1 rings (SSSR count). The summed E-state index contributed by atoms with van der Waals surface area (Å²) in [6.07, 6.45) is 4.23. The van der Waals surface area contributed by atoms with E-state index in [1.54, 1.807) is 0 Å². The molecule has 0 aliphatic rings. The number of nitrogens with one attached hydrogen (secondary N) is 1. The second-order valence-corrected chi connectivity index (χ2v) is 3.72. The first kappa shape index (κ1) is 10.8. The summed E-state index contributed by atoms with van der Waals surface area (Å²) in [6.45, 7) is 4.20. The van der Waals surface area contributed by atoms with Crippen LogP contribution in [0, 0.1) is 5.92 Å². The minimum absolute atomic E-state index is 0.0807. The normalized spacial score (nSPS) is 12.7. The van der Waals surface area contributed by atoms with Gasteiger partial charge in [-0.2, -0.15) is 5.10 Å². The lowest BCUT2D eigenvalue weighted by Crippen LogP contribution is -2.07. The van der Waals surface area contributed by atoms with Crippen LogP contribution in [0.4, 0.5) is 5.82 Å². The van der Waals surface area contributed by atoms with E-state index in [4.69, 9.17) is 5.73 Å². The van der Waals surface area contributed by atoms with Gasteiger partial charge in [-0.05, 0) is 5.92 Å². The number of aromatic nitrogens is 2. The molecule has 0 spiro atoms. The number of nitrogens with zero attached hydrogens (tertiary/aromatic N) is 1. The fourth-order valence-electron chi connectivity index (χ4n) is 1.54. The van der Waals surface area contributed by atoms with Gasteiger partial charge in [0.05, 0.1) is 11.8 Å². The van der Waals surface area contributed by atoms with E-state index in [0.717, 1.165) is 12.8 Å². The summed E-state index contributed by atoms with van der Waals surface area (Å²) in [5.41, 5.74) is 6.07. The topological polar surface area (TPSA) is 71.8 Å². The summed E-state index contributed by atoms with van der Waals surface area (Å²) in [5, 5.41) is 6.29. The summed E-state index contributed by atoms with van der Waals surface area (Å²) in [5.74, 6) is 0.873. The van der Waals surface area contributed by atoms with E-state index in [1.807, 2.05) is 0 Å². The molecule has 0 aromatic carbocycles. The molecule has 0 amide bonds. The molecule has 1 unspecified atom stereocenters. The van der Waals surface area contributed by atoms with Gasteiger partial charge in [0.15, 0.2) is 5.78 Å². The van der Waals surface area contributed by atoms with Crippen LogP contribution in [-0.2, 0) is 0 Å². The number of Topliss-reactive ketones (excluding diaryl/α,β-unsaturated/α-hetero) is 1. The summed E-state index contributed by atoms with van der Waals surface area (Å²) in [7, 11) is 0. The number of hydrogen-bond donors (Lipinski definition) is 2. The zero-order chi connectivity index (χ0) is 10.6. The summed E-state index contributed by atoms with van der Waals surface area (Å²) < 4.78 is 0. The third-order valence-electron chi connectivity index (χ3n) is 2.28. The van der Waals surface area contributed by atoms with Crippen molar-refractivity contribution in [2.24, 2.45) is 5.92 Å². The van der Waals surface area contributed by atoms with Gasteiger partial charge in [0.2, 0.25) is 0 Å². The molecule has 0 fully saturated rings. The Labute approximate surface area is 83.9 Å². The third-order valence-corrected chi connectivity index (χ3v) is 2.28. The maximum absolute atomic E-state index is 11.7. The molecule has 78 valence electrons. The highest BCUT2D eigenvalue weighted by Gasteiger charge is 2.14. The van der Waals surface area contributed by atoms with E-state index in [9.17, 15) is 4.79 Å². The van der Waals surface area contributed by atoms with Crippen molar-refractivity contribution in [1.82, 2.24) is 10.2 Å². The Morgan fingerprint density at radius 3 is 2.93 bits per heavy atom. The summed E-state index contributed by atoms with van der Waals surface area (Å²) in [6, 6.07) is 0. The van der Waals surface area contributed by atoms with Gasteiger partial charge in [0, 0.05) is 6.42 Å². The number of aromatic amines is 1. The number of nitrogen functional groups attached to an aromatic ring is 1. The van der Waals surface area contributed by atoms with E-state index in [2.05, 4.69) is 24.0 Å². The van der Waals surface area contributed by atoms with Crippen LogP contribution in [0.15, 0.2) is 6.20 Å². The average Bonchev–Trinajstić information content (AvgIpc) is 2.51. The zero-order valence-electron chi connectivity index (χ0n) is 8.71. The maximum atomic E-state index is 11.7. The molecule has 1 atom stereocenters. The van der Waals surface area contributed by atoms with Crippen LogP contribution in [0.1, 0.15) is 43.5 Å². The van der Waals surface area contributed by atoms with Crippen LogP contribution < -0.4 is 5.73 Å². The predicted molar refractivity (Wildman–Crippen MR) is 56.0 cm³/mol. The molecule has 4 nitrogen and oxygen atoms in total. The first-order valence-electron chi connectivity index (χ1n) is 4.97. The number of hydrogen-bond acceptors (Lipinski definition) is 3. The van der Waals surface area contributed by atoms with Crippen LogP contribution in [0.2, 0.25) is 0 Å². The smallest absolute Gasteiger partial charge is 0.168 e. The SMILES string of the molecule is CCCC(C)CC(=O)c1cn[nH]c1N. The molecular formula is C10H17N3O. The highest BCUT2D eigenvalue weighted by Crippen LogP contribution is 2.16. The quantitative estimate of drug-likeness (QED) is 0.706. The lowest BCUT2D eigenvalue weighted by Gasteiger charge is -2.07. The molecule has 14 heavy (non-hydrogen) atoms. The number of nitrogens with two attached hydrogens (primary N) is 1.